The molecular formula is C31H42FNO3. The second-order valence-electron chi connectivity index (χ2n) is 14.9. The van der Waals surface area contributed by atoms with E-state index in [0.717, 1.165) is 38.5 Å². The Hall–Kier alpha value is -1.70. The Labute approximate surface area is 215 Å². The molecule has 0 aromatic carbocycles. The number of carbonyl (C=O) groups excluding carboxylic acids is 2. The first-order valence-corrected chi connectivity index (χ1v) is 14.2. The highest BCUT2D eigenvalue weighted by Gasteiger charge is 2.84. The van der Waals surface area contributed by atoms with Crippen molar-refractivity contribution in [3.05, 3.63) is 11.6 Å². The maximum atomic E-state index is 17.2. The van der Waals surface area contributed by atoms with E-state index in [1.165, 1.54) is 0 Å². The van der Waals surface area contributed by atoms with Crippen LogP contribution in [0.15, 0.2) is 11.6 Å². The molecule has 4 nitrogen and oxygen atoms in total. The molecule has 0 aromatic rings. The van der Waals surface area contributed by atoms with E-state index in [2.05, 4.69) is 40.7 Å². The van der Waals surface area contributed by atoms with Crippen molar-refractivity contribution in [2.75, 3.05) is 0 Å². The Morgan fingerprint density at radius 2 is 1.69 bits per heavy atom. The number of esters is 1. The monoisotopic (exact) mass is 495 g/mol. The van der Waals surface area contributed by atoms with Gasteiger partial charge < -0.3 is 4.74 Å². The average Bonchev–Trinajstić information content (AvgIpc) is 3.03. The number of nitrogens with zero attached hydrogens (tertiary/aromatic N) is 1. The predicted molar refractivity (Wildman–Crippen MR) is 134 cm³/mol. The zero-order chi connectivity index (χ0) is 26.3. The number of hydrogen-bond acceptors (Lipinski definition) is 4. The van der Waals surface area contributed by atoms with Crippen LogP contribution in [0.2, 0.25) is 0 Å². The summed E-state index contributed by atoms with van der Waals surface area (Å²) in [7, 11) is 0. The Morgan fingerprint density at radius 1 is 1.00 bits per heavy atom. The van der Waals surface area contributed by atoms with E-state index in [1.807, 2.05) is 19.9 Å². The highest BCUT2D eigenvalue weighted by atomic mass is 19.1. The Bertz CT molecular complexity index is 1140. The molecule has 6 rings (SSSR count). The van der Waals surface area contributed by atoms with Gasteiger partial charge in [-0.2, -0.15) is 5.26 Å². The standard InChI is InChI=1S/C31H42FNO3/c1-17-8-11-30-13-12-29(7)28(6)10-9-20-26(3,4)24(34)19(16-33)15-27(20,5)21(28)14-22(32)31(29,36-25(30)35)23(30)18(17)2/h15,17-18,20-23H,8-14H2,1-7H3/t17-,18+,20+,21-,22+,23-,27+,28-,29+,30+,31+/m1/s1. The summed E-state index contributed by atoms with van der Waals surface area (Å²) in [5, 5.41) is 9.87. The van der Waals surface area contributed by atoms with Crippen molar-refractivity contribution >= 4 is 11.8 Å². The molecule has 0 unspecified atom stereocenters. The highest BCUT2D eigenvalue weighted by molar-refractivity contribution is 6.04. The molecule has 2 bridgehead atoms. The molecule has 4 saturated carbocycles. The molecule has 1 heterocycles. The van der Waals surface area contributed by atoms with Crippen LogP contribution in [0.5, 0.6) is 0 Å². The first-order valence-electron chi connectivity index (χ1n) is 14.2. The van der Waals surface area contributed by atoms with Crippen LogP contribution in [0.1, 0.15) is 93.4 Å². The van der Waals surface area contributed by atoms with Crippen molar-refractivity contribution < 1.29 is 18.7 Å². The third-order valence-corrected chi connectivity index (χ3v) is 13.8. The van der Waals surface area contributed by atoms with Crippen molar-refractivity contribution in [3.63, 3.8) is 0 Å². The minimum Gasteiger partial charge on any atom is -0.455 e. The van der Waals surface area contributed by atoms with Crippen LogP contribution in [-0.2, 0) is 14.3 Å². The number of ketones is 1. The summed E-state index contributed by atoms with van der Waals surface area (Å²) in [4.78, 5) is 26.9. The fraction of sp³-hybridized carbons (Fsp3) is 0.839. The topological polar surface area (TPSA) is 67.2 Å². The molecular weight excluding hydrogens is 453 g/mol. The molecule has 0 radical (unpaired) electrons. The second-order valence-corrected chi connectivity index (χ2v) is 14.9. The molecule has 196 valence electrons. The summed E-state index contributed by atoms with van der Waals surface area (Å²) < 4.78 is 23.7. The lowest BCUT2D eigenvalue weighted by atomic mass is 9.30. The molecule has 1 saturated heterocycles. The largest absolute Gasteiger partial charge is 0.455 e. The van der Waals surface area contributed by atoms with Crippen LogP contribution in [-0.4, -0.2) is 23.5 Å². The molecule has 1 spiro atoms. The van der Waals surface area contributed by atoms with E-state index in [1.54, 1.807) is 0 Å². The SMILES string of the molecule is C[C@H]1[C@H](C)CC[C@@]23CC[C@]4(C)[C@@](OC2=O)([C@H]13)[C@@H](F)C[C@@H]1[C@@]2(C)C=C(C#N)C(=O)C(C)(C)[C@@H]2CC[C@]14C. The molecule has 11 atom stereocenters. The van der Waals surface area contributed by atoms with Gasteiger partial charge in [0.05, 0.1) is 11.0 Å². The van der Waals surface area contributed by atoms with E-state index in [0.29, 0.717) is 12.3 Å². The summed E-state index contributed by atoms with van der Waals surface area (Å²) in [5.41, 5.74) is -3.30. The average molecular weight is 496 g/mol. The van der Waals surface area contributed by atoms with Crippen LogP contribution in [0.25, 0.3) is 0 Å². The molecule has 6 aliphatic rings. The van der Waals surface area contributed by atoms with Gasteiger partial charge in [0.1, 0.15) is 12.2 Å². The summed E-state index contributed by atoms with van der Waals surface area (Å²) in [5.74, 6) is 0.376. The Kier molecular flexibility index (Phi) is 4.67. The predicted octanol–water partition coefficient (Wildman–Crippen LogP) is 6.59. The Balaban J connectivity index is 1.55. The normalized spacial score (nSPS) is 56.8. The number of fused-ring (bicyclic) bond motifs is 4. The van der Waals surface area contributed by atoms with Crippen molar-refractivity contribution in [1.29, 1.82) is 5.26 Å². The number of hydrogen-bond donors (Lipinski definition) is 0. The molecule has 5 heteroatoms. The van der Waals surface area contributed by atoms with Gasteiger partial charge in [-0.25, -0.2) is 4.39 Å². The summed E-state index contributed by atoms with van der Waals surface area (Å²) in [6, 6.07) is 2.18. The van der Waals surface area contributed by atoms with Gasteiger partial charge in [-0.3, -0.25) is 9.59 Å². The molecule has 1 aliphatic heterocycles. The number of alkyl halides is 1. The summed E-state index contributed by atoms with van der Waals surface area (Å²) in [6.07, 6.45) is 6.12. The number of carbonyl (C=O) groups is 2. The second kappa shape index (κ2) is 6.83. The fourth-order valence-electron chi connectivity index (χ4n) is 11.6. The van der Waals surface area contributed by atoms with Crippen molar-refractivity contribution in [2.24, 2.45) is 56.7 Å². The van der Waals surface area contributed by atoms with Crippen LogP contribution in [0, 0.1) is 68.0 Å². The Morgan fingerprint density at radius 3 is 2.36 bits per heavy atom. The third kappa shape index (κ3) is 2.30. The number of rotatable bonds is 0. The fourth-order valence-corrected chi connectivity index (χ4v) is 11.6. The molecule has 36 heavy (non-hydrogen) atoms. The highest BCUT2D eigenvalue weighted by Crippen LogP contribution is 2.80. The lowest BCUT2D eigenvalue weighted by molar-refractivity contribution is -0.297. The molecule has 0 N–H and O–H groups in total. The third-order valence-electron chi connectivity index (χ3n) is 13.8. The number of nitriles is 1. The number of ether oxygens (including phenoxy) is 1. The first kappa shape index (κ1) is 24.6. The molecule has 0 aromatic heterocycles. The minimum absolute atomic E-state index is 0.0341. The van der Waals surface area contributed by atoms with Crippen LogP contribution < -0.4 is 0 Å². The first-order chi connectivity index (χ1) is 16.7. The zero-order valence-corrected chi connectivity index (χ0v) is 23.0. The van der Waals surface area contributed by atoms with E-state index in [4.69, 9.17) is 4.74 Å². The van der Waals surface area contributed by atoms with Crippen LogP contribution >= 0.6 is 0 Å². The maximum Gasteiger partial charge on any atom is 0.313 e. The van der Waals surface area contributed by atoms with E-state index in [-0.39, 0.29) is 46.4 Å². The summed E-state index contributed by atoms with van der Waals surface area (Å²) in [6.45, 7) is 15.2. The van der Waals surface area contributed by atoms with Crippen LogP contribution in [0.4, 0.5) is 4.39 Å². The van der Waals surface area contributed by atoms with Gasteiger partial charge in [-0.1, -0.05) is 54.5 Å². The van der Waals surface area contributed by atoms with Crippen molar-refractivity contribution in [2.45, 2.75) is 105 Å². The van der Waals surface area contributed by atoms with Crippen molar-refractivity contribution in [1.82, 2.24) is 0 Å². The lowest BCUT2D eigenvalue weighted by Crippen LogP contribution is -2.75. The van der Waals surface area contributed by atoms with Gasteiger partial charge >= 0.3 is 5.97 Å². The maximum absolute atomic E-state index is 17.2. The van der Waals surface area contributed by atoms with Crippen molar-refractivity contribution in [3.8, 4) is 6.07 Å². The van der Waals surface area contributed by atoms with Gasteiger partial charge in [-0.15, -0.1) is 0 Å². The number of allylic oxidation sites excluding steroid dienone is 2. The van der Waals surface area contributed by atoms with E-state index in [9.17, 15) is 14.9 Å². The minimum atomic E-state index is -1.25. The summed E-state index contributed by atoms with van der Waals surface area (Å²) >= 11 is 0. The van der Waals surface area contributed by atoms with E-state index < -0.39 is 33.4 Å². The van der Waals surface area contributed by atoms with Gasteiger partial charge in [0, 0.05) is 16.7 Å². The quantitative estimate of drug-likeness (QED) is 0.356. The zero-order valence-electron chi connectivity index (χ0n) is 23.0. The van der Waals surface area contributed by atoms with Gasteiger partial charge in [0.25, 0.3) is 0 Å². The number of Topliss-reactive ketones (excluding diaryl/α,β-unsaturated/α-hetero) is 1. The number of halogens is 1. The van der Waals surface area contributed by atoms with E-state index >= 15 is 4.39 Å². The smallest absolute Gasteiger partial charge is 0.313 e. The van der Waals surface area contributed by atoms with Gasteiger partial charge in [0.2, 0.25) is 0 Å². The van der Waals surface area contributed by atoms with Gasteiger partial charge in [0.15, 0.2) is 11.4 Å². The van der Waals surface area contributed by atoms with Crippen LogP contribution in [0.3, 0.4) is 0 Å². The van der Waals surface area contributed by atoms with Gasteiger partial charge in [-0.05, 0) is 79.4 Å². The molecule has 0 amide bonds. The lowest BCUT2D eigenvalue weighted by Gasteiger charge is -2.73. The molecule has 5 fully saturated rings. The molecule has 5 aliphatic carbocycles.